The number of carbonyl (C=O) groups excluding carboxylic acids is 1. The molecule has 0 aliphatic carbocycles. The Morgan fingerprint density at radius 1 is 1.39 bits per heavy atom. The topological polar surface area (TPSA) is 67.9 Å². The molecule has 1 amide bonds. The van der Waals surface area contributed by atoms with Gasteiger partial charge >= 0.3 is 0 Å². The minimum atomic E-state index is 0.169. The number of hydrogen-bond donors (Lipinski definition) is 1. The van der Waals surface area contributed by atoms with E-state index in [0.717, 1.165) is 43.8 Å². The second-order valence-corrected chi connectivity index (χ2v) is 5.79. The zero-order valence-corrected chi connectivity index (χ0v) is 13.5. The van der Waals surface area contributed by atoms with Gasteiger partial charge < -0.3 is 15.4 Å². The van der Waals surface area contributed by atoms with Crippen LogP contribution in [0.25, 0.3) is 0 Å². The lowest BCUT2D eigenvalue weighted by Crippen LogP contribution is -2.29. The summed E-state index contributed by atoms with van der Waals surface area (Å²) < 4.78 is 5.58. The first-order chi connectivity index (χ1) is 11.2. The Balaban J connectivity index is 1.65. The van der Waals surface area contributed by atoms with Gasteiger partial charge in [0.05, 0.1) is 19.4 Å². The fourth-order valence-electron chi connectivity index (χ4n) is 2.77. The van der Waals surface area contributed by atoms with E-state index in [0.29, 0.717) is 18.9 Å². The Kier molecular flexibility index (Phi) is 6.66. The SMILES string of the molecule is C=C(CCC1CCN(C(=O)CCOc2ccccc2)C1)N=CN. The molecule has 1 aliphatic rings. The van der Waals surface area contributed by atoms with Crippen molar-refractivity contribution in [1.82, 2.24) is 4.90 Å². The summed E-state index contributed by atoms with van der Waals surface area (Å²) in [4.78, 5) is 18.1. The molecule has 2 rings (SSSR count). The van der Waals surface area contributed by atoms with E-state index in [4.69, 9.17) is 10.5 Å². The average molecular weight is 315 g/mol. The van der Waals surface area contributed by atoms with Crippen LogP contribution in [0.3, 0.4) is 0 Å². The van der Waals surface area contributed by atoms with Crippen molar-refractivity contribution in [2.24, 2.45) is 16.6 Å². The van der Waals surface area contributed by atoms with E-state index in [1.165, 1.54) is 6.34 Å². The van der Waals surface area contributed by atoms with Crippen LogP contribution in [0, 0.1) is 5.92 Å². The van der Waals surface area contributed by atoms with Crippen molar-refractivity contribution in [3.63, 3.8) is 0 Å². The van der Waals surface area contributed by atoms with Gasteiger partial charge in [-0.2, -0.15) is 0 Å². The molecule has 1 fully saturated rings. The number of nitrogens with two attached hydrogens (primary N) is 1. The predicted molar refractivity (Wildman–Crippen MR) is 92.3 cm³/mol. The van der Waals surface area contributed by atoms with Gasteiger partial charge in [0, 0.05) is 18.8 Å². The van der Waals surface area contributed by atoms with Crippen molar-refractivity contribution in [2.45, 2.75) is 25.7 Å². The molecule has 1 saturated heterocycles. The summed E-state index contributed by atoms with van der Waals surface area (Å²) >= 11 is 0. The summed E-state index contributed by atoms with van der Waals surface area (Å²) in [7, 11) is 0. The average Bonchev–Trinajstić information content (AvgIpc) is 3.03. The van der Waals surface area contributed by atoms with Crippen LogP contribution in [0.4, 0.5) is 0 Å². The van der Waals surface area contributed by atoms with Crippen molar-refractivity contribution >= 4 is 12.2 Å². The molecule has 0 saturated carbocycles. The summed E-state index contributed by atoms with van der Waals surface area (Å²) in [6.45, 7) is 5.93. The fourth-order valence-corrected chi connectivity index (χ4v) is 2.77. The molecular formula is C18H25N3O2. The fraction of sp³-hybridized carbons (Fsp3) is 0.444. The summed E-state index contributed by atoms with van der Waals surface area (Å²) in [6.07, 6.45) is 4.58. The molecule has 1 aromatic rings. The molecule has 1 unspecified atom stereocenters. The summed E-state index contributed by atoms with van der Waals surface area (Å²) in [5, 5.41) is 0. The number of allylic oxidation sites excluding steroid dienone is 1. The van der Waals surface area contributed by atoms with Crippen LogP contribution >= 0.6 is 0 Å². The van der Waals surface area contributed by atoms with Crippen molar-refractivity contribution in [1.29, 1.82) is 0 Å². The van der Waals surface area contributed by atoms with Crippen LogP contribution in [-0.2, 0) is 4.79 Å². The lowest BCUT2D eigenvalue weighted by Gasteiger charge is -2.17. The molecule has 23 heavy (non-hydrogen) atoms. The number of ether oxygens (including phenoxy) is 1. The maximum atomic E-state index is 12.2. The first-order valence-electron chi connectivity index (χ1n) is 8.06. The minimum Gasteiger partial charge on any atom is -0.493 e. The monoisotopic (exact) mass is 315 g/mol. The number of benzene rings is 1. The normalized spacial score (nSPS) is 17.6. The first kappa shape index (κ1) is 17.1. The quantitative estimate of drug-likeness (QED) is 0.592. The molecule has 5 nitrogen and oxygen atoms in total. The summed E-state index contributed by atoms with van der Waals surface area (Å²) in [6, 6.07) is 9.57. The predicted octanol–water partition coefficient (Wildman–Crippen LogP) is 2.58. The maximum Gasteiger partial charge on any atom is 0.226 e. The highest BCUT2D eigenvalue weighted by Gasteiger charge is 2.25. The molecule has 1 heterocycles. The van der Waals surface area contributed by atoms with Gasteiger partial charge in [-0.25, -0.2) is 4.99 Å². The smallest absolute Gasteiger partial charge is 0.226 e. The number of aliphatic imine (C=N–C) groups is 1. The number of carbonyl (C=O) groups is 1. The number of likely N-dealkylation sites (tertiary alicyclic amines) is 1. The summed E-state index contributed by atoms with van der Waals surface area (Å²) in [5.74, 6) is 1.50. The molecular weight excluding hydrogens is 290 g/mol. The molecule has 124 valence electrons. The Labute approximate surface area is 137 Å². The third kappa shape index (κ3) is 5.77. The van der Waals surface area contributed by atoms with Gasteiger partial charge in [-0.3, -0.25) is 4.79 Å². The molecule has 1 aromatic carbocycles. The third-order valence-corrected chi connectivity index (χ3v) is 4.06. The van der Waals surface area contributed by atoms with Gasteiger partial charge in [0.1, 0.15) is 5.75 Å². The van der Waals surface area contributed by atoms with Gasteiger partial charge in [0.2, 0.25) is 5.91 Å². The zero-order valence-electron chi connectivity index (χ0n) is 13.5. The van der Waals surface area contributed by atoms with E-state index >= 15 is 0 Å². The highest BCUT2D eigenvalue weighted by Crippen LogP contribution is 2.23. The lowest BCUT2D eigenvalue weighted by molar-refractivity contribution is -0.130. The van der Waals surface area contributed by atoms with Crippen LogP contribution in [0.2, 0.25) is 0 Å². The van der Waals surface area contributed by atoms with Gasteiger partial charge in [-0.15, -0.1) is 0 Å². The molecule has 0 spiro atoms. The molecule has 1 atom stereocenters. The van der Waals surface area contributed by atoms with Gasteiger partial charge in [0.15, 0.2) is 0 Å². The molecule has 0 aromatic heterocycles. The van der Waals surface area contributed by atoms with Crippen LogP contribution in [0.1, 0.15) is 25.7 Å². The second-order valence-electron chi connectivity index (χ2n) is 5.79. The molecule has 1 aliphatic heterocycles. The Bertz CT molecular complexity index is 542. The van der Waals surface area contributed by atoms with E-state index in [1.807, 2.05) is 35.2 Å². The third-order valence-electron chi connectivity index (χ3n) is 4.06. The van der Waals surface area contributed by atoms with Gasteiger partial charge in [-0.1, -0.05) is 24.8 Å². The number of rotatable bonds is 8. The highest BCUT2D eigenvalue weighted by molar-refractivity contribution is 5.76. The first-order valence-corrected chi connectivity index (χ1v) is 8.06. The minimum absolute atomic E-state index is 0.169. The summed E-state index contributed by atoms with van der Waals surface area (Å²) in [5.41, 5.74) is 6.05. The van der Waals surface area contributed by atoms with Crippen molar-refractivity contribution in [3.05, 3.63) is 42.6 Å². The van der Waals surface area contributed by atoms with Crippen LogP contribution in [0.5, 0.6) is 5.75 Å². The number of para-hydroxylation sites is 1. The second kappa shape index (κ2) is 8.98. The van der Waals surface area contributed by atoms with E-state index < -0.39 is 0 Å². The molecule has 5 heteroatoms. The van der Waals surface area contributed by atoms with Gasteiger partial charge in [-0.05, 0) is 37.3 Å². The molecule has 2 N–H and O–H groups in total. The Hall–Kier alpha value is -2.30. The van der Waals surface area contributed by atoms with E-state index in [9.17, 15) is 4.79 Å². The molecule has 0 radical (unpaired) electrons. The van der Waals surface area contributed by atoms with E-state index in [2.05, 4.69) is 11.6 Å². The largest absolute Gasteiger partial charge is 0.493 e. The van der Waals surface area contributed by atoms with E-state index in [1.54, 1.807) is 0 Å². The van der Waals surface area contributed by atoms with E-state index in [-0.39, 0.29) is 5.91 Å². The Morgan fingerprint density at radius 3 is 2.91 bits per heavy atom. The lowest BCUT2D eigenvalue weighted by atomic mass is 10.0. The number of amides is 1. The maximum absolute atomic E-state index is 12.2. The zero-order chi connectivity index (χ0) is 16.5. The van der Waals surface area contributed by atoms with Crippen molar-refractivity contribution in [2.75, 3.05) is 19.7 Å². The standard InChI is InChI=1S/C18H25N3O2/c1-15(20-14-19)7-8-16-9-11-21(13-16)18(22)10-12-23-17-5-3-2-4-6-17/h2-6,14,16H,1,7-13H2,(H2,19,20). The number of nitrogens with zero attached hydrogens (tertiary/aromatic N) is 2. The van der Waals surface area contributed by atoms with Crippen molar-refractivity contribution in [3.8, 4) is 5.75 Å². The van der Waals surface area contributed by atoms with Crippen LogP contribution < -0.4 is 10.5 Å². The Morgan fingerprint density at radius 2 is 2.17 bits per heavy atom. The highest BCUT2D eigenvalue weighted by atomic mass is 16.5. The van der Waals surface area contributed by atoms with Crippen molar-refractivity contribution < 1.29 is 9.53 Å². The number of hydrogen-bond acceptors (Lipinski definition) is 3. The van der Waals surface area contributed by atoms with Crippen LogP contribution in [-0.4, -0.2) is 36.8 Å². The molecule has 0 bridgehead atoms. The van der Waals surface area contributed by atoms with Crippen LogP contribution in [0.15, 0.2) is 47.6 Å². The van der Waals surface area contributed by atoms with Gasteiger partial charge in [0.25, 0.3) is 0 Å².